The normalized spacial score (nSPS) is 15.3. The lowest BCUT2D eigenvalue weighted by Gasteiger charge is -2.36. The summed E-state index contributed by atoms with van der Waals surface area (Å²) in [4.78, 5) is 29.4. The Balaban J connectivity index is 1.61. The summed E-state index contributed by atoms with van der Waals surface area (Å²) in [7, 11) is 0. The molecule has 34 heavy (non-hydrogen) atoms. The number of hydrogen-bond donors (Lipinski definition) is 2. The van der Waals surface area contributed by atoms with E-state index in [0.29, 0.717) is 25.7 Å². The van der Waals surface area contributed by atoms with E-state index in [4.69, 9.17) is 16.3 Å². The van der Waals surface area contributed by atoms with Crippen molar-refractivity contribution in [3.63, 3.8) is 0 Å². The van der Waals surface area contributed by atoms with Gasteiger partial charge in [0.15, 0.2) is 13.2 Å². The average molecular weight is 504 g/mol. The zero-order valence-electron chi connectivity index (χ0n) is 17.9. The first-order chi connectivity index (χ1) is 16.1. The number of nitrogens with one attached hydrogen (secondary N) is 2. The molecule has 1 aliphatic carbocycles. The van der Waals surface area contributed by atoms with Crippen molar-refractivity contribution in [3.8, 4) is 11.6 Å². The van der Waals surface area contributed by atoms with Crippen LogP contribution < -0.4 is 20.1 Å². The number of carbonyl (C=O) groups excluding carboxylic acids is 2. The van der Waals surface area contributed by atoms with Crippen LogP contribution in [-0.4, -0.2) is 41.7 Å². The van der Waals surface area contributed by atoms with Crippen molar-refractivity contribution < 1.29 is 36.6 Å². The summed E-state index contributed by atoms with van der Waals surface area (Å²) in [6, 6.07) is 6.32. The molecule has 0 saturated heterocycles. The number of amides is 2. The van der Waals surface area contributed by atoms with Gasteiger partial charge in [0, 0.05) is 12.1 Å². The third kappa shape index (κ3) is 7.21. The summed E-state index contributed by atoms with van der Waals surface area (Å²) in [5, 5.41) is 5.30. The first-order valence-electron chi connectivity index (χ1n) is 10.4. The second-order valence-corrected chi connectivity index (χ2v) is 8.21. The molecule has 2 aromatic rings. The molecule has 0 spiro atoms. The number of halogens is 5. The minimum atomic E-state index is -4.49. The Hall–Kier alpha value is -3.08. The van der Waals surface area contributed by atoms with Gasteiger partial charge in [0.1, 0.15) is 17.1 Å². The molecule has 1 aliphatic rings. The van der Waals surface area contributed by atoms with Crippen molar-refractivity contribution in [2.45, 2.75) is 43.8 Å². The number of hydrogen-bond acceptors (Lipinski definition) is 5. The van der Waals surface area contributed by atoms with Crippen LogP contribution in [0.4, 0.5) is 23.2 Å². The quantitative estimate of drug-likeness (QED) is 0.512. The smallest absolute Gasteiger partial charge is 0.422 e. The van der Waals surface area contributed by atoms with Gasteiger partial charge in [-0.2, -0.15) is 13.2 Å². The van der Waals surface area contributed by atoms with E-state index in [1.165, 1.54) is 30.5 Å². The monoisotopic (exact) mass is 503 g/mol. The molecule has 7 nitrogen and oxygen atoms in total. The molecule has 12 heteroatoms. The summed E-state index contributed by atoms with van der Waals surface area (Å²) in [5.74, 6) is -1.87. The van der Waals surface area contributed by atoms with E-state index in [0.717, 1.165) is 12.5 Å². The number of aromatic nitrogens is 1. The first-order valence-corrected chi connectivity index (χ1v) is 10.8. The standard InChI is InChI=1S/C22H22ClF4N3O4/c23-16-6-5-15(10-17(16)24)33-12-18(31)30-21(8-2-1-3-9-21)20(32)29-14-4-7-19(28-11-14)34-13-22(25,26)27/h4-7,10-11H,1-3,8-9,12-13H2,(H,29,32)(H,30,31). The van der Waals surface area contributed by atoms with Crippen molar-refractivity contribution in [2.24, 2.45) is 0 Å². The third-order valence-corrected chi connectivity index (χ3v) is 5.47. The zero-order valence-corrected chi connectivity index (χ0v) is 18.6. The van der Waals surface area contributed by atoms with Gasteiger partial charge in [-0.15, -0.1) is 0 Å². The van der Waals surface area contributed by atoms with Gasteiger partial charge >= 0.3 is 6.18 Å². The Morgan fingerprint density at radius 2 is 1.82 bits per heavy atom. The van der Waals surface area contributed by atoms with Crippen LogP contribution in [-0.2, 0) is 9.59 Å². The number of rotatable bonds is 8. The Labute approximate surface area is 197 Å². The van der Waals surface area contributed by atoms with E-state index in [-0.39, 0.29) is 22.3 Å². The van der Waals surface area contributed by atoms with Crippen LogP contribution in [0.25, 0.3) is 0 Å². The molecule has 0 radical (unpaired) electrons. The van der Waals surface area contributed by atoms with E-state index in [9.17, 15) is 27.2 Å². The number of nitrogens with zero attached hydrogens (tertiary/aromatic N) is 1. The predicted molar refractivity (Wildman–Crippen MR) is 115 cm³/mol. The van der Waals surface area contributed by atoms with Gasteiger partial charge in [0.2, 0.25) is 11.8 Å². The maximum atomic E-state index is 13.5. The largest absolute Gasteiger partial charge is 0.484 e. The van der Waals surface area contributed by atoms with Crippen LogP contribution in [0.2, 0.25) is 5.02 Å². The Morgan fingerprint density at radius 3 is 2.44 bits per heavy atom. The Morgan fingerprint density at radius 1 is 1.09 bits per heavy atom. The molecule has 3 rings (SSSR count). The van der Waals surface area contributed by atoms with Crippen molar-refractivity contribution in [3.05, 3.63) is 47.4 Å². The number of anilines is 1. The first kappa shape index (κ1) is 25.5. The summed E-state index contributed by atoms with van der Waals surface area (Å²) < 4.78 is 60.2. The van der Waals surface area contributed by atoms with Crippen LogP contribution in [0.1, 0.15) is 32.1 Å². The molecule has 0 bridgehead atoms. The van der Waals surface area contributed by atoms with Gasteiger partial charge in [-0.1, -0.05) is 30.9 Å². The highest BCUT2D eigenvalue weighted by Gasteiger charge is 2.41. The fraction of sp³-hybridized carbons (Fsp3) is 0.409. The molecule has 1 aromatic heterocycles. The lowest BCUT2D eigenvalue weighted by molar-refractivity contribution is -0.154. The molecule has 2 amide bonds. The molecular formula is C22H22ClF4N3O4. The highest BCUT2D eigenvalue weighted by Crippen LogP contribution is 2.30. The Bertz CT molecular complexity index is 1010. The average Bonchev–Trinajstić information content (AvgIpc) is 2.79. The summed E-state index contributed by atoms with van der Waals surface area (Å²) in [6.07, 6.45) is -0.233. The fourth-order valence-corrected chi connectivity index (χ4v) is 3.65. The van der Waals surface area contributed by atoms with Crippen LogP contribution in [0, 0.1) is 5.82 Å². The van der Waals surface area contributed by atoms with Crippen LogP contribution >= 0.6 is 11.6 Å². The number of alkyl halides is 3. The van der Waals surface area contributed by atoms with Crippen molar-refractivity contribution in [1.82, 2.24) is 10.3 Å². The maximum Gasteiger partial charge on any atom is 0.422 e. The maximum absolute atomic E-state index is 13.5. The highest BCUT2D eigenvalue weighted by molar-refractivity contribution is 6.30. The number of benzene rings is 1. The lowest BCUT2D eigenvalue weighted by atomic mass is 9.80. The number of pyridine rings is 1. The highest BCUT2D eigenvalue weighted by atomic mass is 35.5. The minimum absolute atomic E-state index is 0.0796. The van der Waals surface area contributed by atoms with E-state index in [1.807, 2.05) is 0 Å². The Kier molecular flexibility index (Phi) is 8.19. The molecule has 1 aromatic carbocycles. The van der Waals surface area contributed by atoms with Gasteiger partial charge in [0.25, 0.3) is 5.91 Å². The molecule has 2 N–H and O–H groups in total. The zero-order chi connectivity index (χ0) is 24.8. The number of ether oxygens (including phenoxy) is 2. The van der Waals surface area contributed by atoms with Gasteiger partial charge in [-0.25, -0.2) is 9.37 Å². The van der Waals surface area contributed by atoms with Gasteiger partial charge in [-0.3, -0.25) is 9.59 Å². The van der Waals surface area contributed by atoms with Gasteiger partial charge < -0.3 is 20.1 Å². The van der Waals surface area contributed by atoms with E-state index < -0.39 is 42.6 Å². The SMILES string of the molecule is O=C(COc1ccc(Cl)c(F)c1)NC1(C(=O)Nc2ccc(OCC(F)(F)F)nc2)CCCCC1. The molecule has 1 saturated carbocycles. The summed E-state index contributed by atoms with van der Waals surface area (Å²) >= 11 is 5.62. The molecule has 0 unspecified atom stereocenters. The van der Waals surface area contributed by atoms with Crippen molar-refractivity contribution >= 4 is 29.1 Å². The second kappa shape index (κ2) is 10.9. The predicted octanol–water partition coefficient (Wildman–Crippen LogP) is 4.65. The van der Waals surface area contributed by atoms with E-state index >= 15 is 0 Å². The minimum Gasteiger partial charge on any atom is -0.484 e. The van der Waals surface area contributed by atoms with Gasteiger partial charge in [0.05, 0.1) is 16.9 Å². The summed E-state index contributed by atoms with van der Waals surface area (Å²) in [6.45, 7) is -1.92. The van der Waals surface area contributed by atoms with E-state index in [2.05, 4.69) is 20.4 Å². The summed E-state index contributed by atoms with van der Waals surface area (Å²) in [5.41, 5.74) is -0.966. The molecule has 0 atom stereocenters. The molecular weight excluding hydrogens is 482 g/mol. The third-order valence-electron chi connectivity index (χ3n) is 5.16. The molecule has 1 fully saturated rings. The van der Waals surface area contributed by atoms with Crippen molar-refractivity contribution in [1.29, 1.82) is 0 Å². The van der Waals surface area contributed by atoms with Crippen LogP contribution in [0.15, 0.2) is 36.5 Å². The van der Waals surface area contributed by atoms with E-state index in [1.54, 1.807) is 0 Å². The van der Waals surface area contributed by atoms with Crippen molar-refractivity contribution in [2.75, 3.05) is 18.5 Å². The fourth-order valence-electron chi connectivity index (χ4n) is 3.53. The number of carbonyl (C=O) groups is 2. The van der Waals surface area contributed by atoms with Crippen LogP contribution in [0.3, 0.4) is 0 Å². The molecule has 0 aliphatic heterocycles. The second-order valence-electron chi connectivity index (χ2n) is 7.80. The van der Waals surface area contributed by atoms with Crippen LogP contribution in [0.5, 0.6) is 11.6 Å². The lowest BCUT2D eigenvalue weighted by Crippen LogP contribution is -2.58. The molecule has 184 valence electrons. The van der Waals surface area contributed by atoms with Gasteiger partial charge in [-0.05, 0) is 31.0 Å². The molecule has 1 heterocycles. The topological polar surface area (TPSA) is 89.5 Å².